The Labute approximate surface area is 125 Å². The van der Waals surface area contributed by atoms with Crippen LogP contribution in [0.5, 0.6) is 5.75 Å². The Morgan fingerprint density at radius 3 is 2.60 bits per heavy atom. The smallest absolute Gasteiger partial charge is 0.260 e. The minimum absolute atomic E-state index is 0.0178. The van der Waals surface area contributed by atoms with Gasteiger partial charge < -0.3 is 15.4 Å². The highest BCUT2D eigenvalue weighted by atomic mass is 35.5. The van der Waals surface area contributed by atoms with Crippen molar-refractivity contribution in [2.45, 2.75) is 33.2 Å². The zero-order chi connectivity index (χ0) is 15.1. The summed E-state index contributed by atoms with van der Waals surface area (Å²) in [6.45, 7) is 7.19. The molecular formula is C15H23ClN2O2. The van der Waals surface area contributed by atoms with Gasteiger partial charge in [-0.25, -0.2) is 0 Å². The number of carbonyl (C=O) groups excluding carboxylic acids is 1. The Balaban J connectivity index is 2.77. The van der Waals surface area contributed by atoms with Gasteiger partial charge in [-0.05, 0) is 39.3 Å². The maximum Gasteiger partial charge on any atom is 0.260 e. The van der Waals surface area contributed by atoms with Crippen LogP contribution in [0.1, 0.15) is 26.3 Å². The molecule has 0 aromatic heterocycles. The Kier molecular flexibility index (Phi) is 6.82. The van der Waals surface area contributed by atoms with Gasteiger partial charge in [0.25, 0.3) is 5.91 Å². The molecule has 1 amide bonds. The van der Waals surface area contributed by atoms with E-state index < -0.39 is 0 Å². The summed E-state index contributed by atoms with van der Waals surface area (Å²) in [5.74, 6) is 0.608. The lowest BCUT2D eigenvalue weighted by Crippen LogP contribution is -2.34. The molecule has 1 rings (SSSR count). The molecule has 112 valence electrons. The monoisotopic (exact) mass is 298 g/mol. The van der Waals surface area contributed by atoms with Crippen molar-refractivity contribution < 1.29 is 9.53 Å². The summed E-state index contributed by atoms with van der Waals surface area (Å²) in [7, 11) is 0. The van der Waals surface area contributed by atoms with E-state index in [0.29, 0.717) is 30.3 Å². The molecule has 4 nitrogen and oxygen atoms in total. The van der Waals surface area contributed by atoms with Crippen molar-refractivity contribution in [1.29, 1.82) is 0 Å². The largest absolute Gasteiger partial charge is 0.483 e. The van der Waals surface area contributed by atoms with E-state index in [1.165, 1.54) is 0 Å². The second-order valence-electron chi connectivity index (χ2n) is 4.75. The second kappa shape index (κ2) is 8.12. The highest BCUT2D eigenvalue weighted by Gasteiger charge is 2.14. The highest BCUT2D eigenvalue weighted by Crippen LogP contribution is 2.27. The molecule has 20 heavy (non-hydrogen) atoms. The first kappa shape index (κ1) is 16.8. The average Bonchev–Trinajstić information content (AvgIpc) is 2.40. The average molecular weight is 299 g/mol. The summed E-state index contributed by atoms with van der Waals surface area (Å²) in [5, 5.41) is 0.620. The molecule has 0 aliphatic rings. The maximum absolute atomic E-state index is 11.9. The second-order valence-corrected chi connectivity index (χ2v) is 5.16. The van der Waals surface area contributed by atoms with Gasteiger partial charge in [0.1, 0.15) is 5.75 Å². The van der Waals surface area contributed by atoms with Crippen LogP contribution in [0.2, 0.25) is 5.02 Å². The van der Waals surface area contributed by atoms with E-state index in [1.54, 1.807) is 11.0 Å². The molecule has 0 aliphatic heterocycles. The fourth-order valence-corrected chi connectivity index (χ4v) is 2.24. The number of hydrogen-bond donors (Lipinski definition) is 1. The van der Waals surface area contributed by atoms with Crippen LogP contribution in [0.3, 0.4) is 0 Å². The number of benzene rings is 1. The molecular weight excluding hydrogens is 276 g/mol. The predicted molar refractivity (Wildman–Crippen MR) is 82.2 cm³/mol. The number of rotatable bonds is 7. The predicted octanol–water partition coefficient (Wildman–Crippen LogP) is 2.48. The molecule has 1 unspecified atom stereocenters. The summed E-state index contributed by atoms with van der Waals surface area (Å²) in [5.41, 5.74) is 6.68. The summed E-state index contributed by atoms with van der Waals surface area (Å²) >= 11 is 6.17. The Morgan fingerprint density at radius 1 is 1.40 bits per heavy atom. The minimum Gasteiger partial charge on any atom is -0.483 e. The molecule has 0 fully saturated rings. The van der Waals surface area contributed by atoms with Crippen LogP contribution in [-0.4, -0.2) is 36.5 Å². The van der Waals surface area contributed by atoms with E-state index in [0.717, 1.165) is 5.56 Å². The van der Waals surface area contributed by atoms with Gasteiger partial charge >= 0.3 is 0 Å². The van der Waals surface area contributed by atoms with Crippen LogP contribution < -0.4 is 10.5 Å². The number of ether oxygens (including phenoxy) is 1. The first-order chi connectivity index (χ1) is 9.49. The standard InChI is InChI=1S/C15H23ClN2O2/c1-4-18(5-2)15(19)10-20-14-8-6-7-13(16)12(14)9-11(3)17/h6-8,11H,4-5,9-10,17H2,1-3H3. The van der Waals surface area contributed by atoms with Crippen LogP contribution in [0.4, 0.5) is 0 Å². The lowest BCUT2D eigenvalue weighted by molar-refractivity contribution is -0.132. The van der Waals surface area contributed by atoms with Gasteiger partial charge in [-0.2, -0.15) is 0 Å². The number of halogens is 1. The minimum atomic E-state index is -0.0262. The topological polar surface area (TPSA) is 55.6 Å². The number of hydrogen-bond acceptors (Lipinski definition) is 3. The fraction of sp³-hybridized carbons (Fsp3) is 0.533. The molecule has 0 aliphatic carbocycles. The van der Waals surface area contributed by atoms with E-state index in [1.807, 2.05) is 32.9 Å². The SMILES string of the molecule is CCN(CC)C(=O)COc1cccc(Cl)c1CC(C)N. The fourth-order valence-electron chi connectivity index (χ4n) is 2.00. The Bertz CT molecular complexity index is 445. The van der Waals surface area contributed by atoms with Gasteiger partial charge in [0.2, 0.25) is 0 Å². The molecule has 1 atom stereocenters. The number of likely N-dealkylation sites (N-methyl/N-ethyl adjacent to an activating group) is 1. The normalized spacial score (nSPS) is 12.1. The molecule has 0 saturated heterocycles. The Morgan fingerprint density at radius 2 is 2.05 bits per heavy atom. The van der Waals surface area contributed by atoms with Crippen LogP contribution in [0.15, 0.2) is 18.2 Å². The summed E-state index contributed by atoms with van der Waals surface area (Å²) in [4.78, 5) is 13.7. The summed E-state index contributed by atoms with van der Waals surface area (Å²) in [6.07, 6.45) is 0.620. The van der Waals surface area contributed by atoms with Crippen molar-refractivity contribution in [3.05, 3.63) is 28.8 Å². The molecule has 0 radical (unpaired) electrons. The zero-order valence-corrected chi connectivity index (χ0v) is 13.1. The lowest BCUT2D eigenvalue weighted by Gasteiger charge is -2.20. The zero-order valence-electron chi connectivity index (χ0n) is 12.4. The van der Waals surface area contributed by atoms with Crippen molar-refractivity contribution in [3.63, 3.8) is 0 Å². The molecule has 0 saturated carbocycles. The molecule has 0 spiro atoms. The molecule has 1 aromatic carbocycles. The van der Waals surface area contributed by atoms with Crippen molar-refractivity contribution in [2.75, 3.05) is 19.7 Å². The number of carbonyl (C=O) groups is 1. The molecule has 1 aromatic rings. The third kappa shape index (κ3) is 4.69. The summed E-state index contributed by atoms with van der Waals surface area (Å²) < 4.78 is 5.63. The van der Waals surface area contributed by atoms with Crippen LogP contribution >= 0.6 is 11.6 Å². The number of nitrogens with zero attached hydrogens (tertiary/aromatic N) is 1. The van der Waals surface area contributed by atoms with E-state index in [4.69, 9.17) is 22.1 Å². The van der Waals surface area contributed by atoms with Crippen molar-refractivity contribution >= 4 is 17.5 Å². The Hall–Kier alpha value is -1.26. The van der Waals surface area contributed by atoms with Gasteiger partial charge in [-0.1, -0.05) is 17.7 Å². The van der Waals surface area contributed by atoms with Crippen LogP contribution in [-0.2, 0) is 11.2 Å². The first-order valence-electron chi connectivity index (χ1n) is 6.93. The first-order valence-corrected chi connectivity index (χ1v) is 7.30. The van der Waals surface area contributed by atoms with Gasteiger partial charge in [0.05, 0.1) is 0 Å². The summed E-state index contributed by atoms with van der Waals surface area (Å²) in [6, 6.07) is 5.41. The van der Waals surface area contributed by atoms with Crippen molar-refractivity contribution in [1.82, 2.24) is 4.90 Å². The molecule has 0 heterocycles. The van der Waals surface area contributed by atoms with Gasteiger partial charge in [-0.3, -0.25) is 4.79 Å². The number of amides is 1. The van der Waals surface area contributed by atoms with E-state index >= 15 is 0 Å². The van der Waals surface area contributed by atoms with E-state index in [-0.39, 0.29) is 18.6 Å². The van der Waals surface area contributed by atoms with Crippen LogP contribution in [0.25, 0.3) is 0 Å². The quantitative estimate of drug-likeness (QED) is 0.841. The third-order valence-corrected chi connectivity index (χ3v) is 3.42. The van der Waals surface area contributed by atoms with E-state index in [2.05, 4.69) is 0 Å². The number of nitrogens with two attached hydrogens (primary N) is 1. The lowest BCUT2D eigenvalue weighted by atomic mass is 10.1. The molecule has 5 heteroatoms. The third-order valence-electron chi connectivity index (χ3n) is 3.07. The molecule has 2 N–H and O–H groups in total. The maximum atomic E-state index is 11.9. The van der Waals surface area contributed by atoms with Gasteiger partial charge in [-0.15, -0.1) is 0 Å². The highest BCUT2D eigenvalue weighted by molar-refractivity contribution is 6.31. The van der Waals surface area contributed by atoms with Crippen molar-refractivity contribution in [3.8, 4) is 5.75 Å². The van der Waals surface area contributed by atoms with Crippen molar-refractivity contribution in [2.24, 2.45) is 5.73 Å². The van der Waals surface area contributed by atoms with Crippen LogP contribution in [0, 0.1) is 0 Å². The van der Waals surface area contributed by atoms with Gasteiger partial charge in [0, 0.05) is 29.7 Å². The molecule has 0 bridgehead atoms. The van der Waals surface area contributed by atoms with Gasteiger partial charge in [0.15, 0.2) is 6.61 Å². The van der Waals surface area contributed by atoms with E-state index in [9.17, 15) is 4.79 Å².